The zero-order chi connectivity index (χ0) is 12.1. The molecule has 0 saturated heterocycles. The van der Waals surface area contributed by atoms with Crippen molar-refractivity contribution in [1.29, 1.82) is 0 Å². The summed E-state index contributed by atoms with van der Waals surface area (Å²) in [6.45, 7) is 2.30. The number of hydrogen-bond acceptors (Lipinski definition) is 3. The molecule has 3 N–H and O–H groups in total. The van der Waals surface area contributed by atoms with E-state index in [0.29, 0.717) is 12.0 Å². The molecule has 0 amide bonds. The maximum atomic E-state index is 5.70. The first-order chi connectivity index (χ1) is 8.33. The summed E-state index contributed by atoms with van der Waals surface area (Å²) in [5.41, 5.74) is 2.98. The van der Waals surface area contributed by atoms with E-state index < -0.39 is 0 Å². The third-order valence-electron chi connectivity index (χ3n) is 4.25. The summed E-state index contributed by atoms with van der Waals surface area (Å²) >= 11 is 0. The lowest BCUT2D eigenvalue weighted by atomic mass is 9.77. The second-order valence-electron chi connectivity index (χ2n) is 5.25. The van der Waals surface area contributed by atoms with Crippen LogP contribution in [0.25, 0.3) is 0 Å². The molecule has 1 fully saturated rings. The molecule has 1 aromatic heterocycles. The Morgan fingerprint density at radius 3 is 2.71 bits per heavy atom. The van der Waals surface area contributed by atoms with Crippen LogP contribution in [0.2, 0.25) is 0 Å². The van der Waals surface area contributed by atoms with Gasteiger partial charge in [0.05, 0.1) is 6.26 Å². The minimum absolute atomic E-state index is 0.360. The maximum Gasteiger partial charge on any atom is 0.105 e. The summed E-state index contributed by atoms with van der Waals surface area (Å²) in [5.74, 6) is 8.37. The van der Waals surface area contributed by atoms with Crippen LogP contribution in [0.15, 0.2) is 22.8 Å². The van der Waals surface area contributed by atoms with Gasteiger partial charge in [0.25, 0.3) is 0 Å². The Balaban J connectivity index is 1.86. The van der Waals surface area contributed by atoms with E-state index in [-0.39, 0.29) is 0 Å². The molecule has 1 aliphatic rings. The number of furan rings is 1. The molecule has 1 heterocycles. The van der Waals surface area contributed by atoms with Crippen molar-refractivity contribution in [3.05, 3.63) is 24.2 Å². The van der Waals surface area contributed by atoms with Gasteiger partial charge in [-0.2, -0.15) is 0 Å². The Bertz CT molecular complexity index is 302. The van der Waals surface area contributed by atoms with Crippen LogP contribution in [0, 0.1) is 11.8 Å². The molecule has 2 rings (SSSR count). The van der Waals surface area contributed by atoms with Crippen molar-refractivity contribution in [2.24, 2.45) is 17.7 Å². The lowest BCUT2D eigenvalue weighted by molar-refractivity contribution is 0.212. The minimum Gasteiger partial charge on any atom is -0.469 e. The molecule has 0 radical (unpaired) electrons. The fraction of sp³-hybridized carbons (Fsp3) is 0.714. The molecular formula is C14H24N2O. The normalized spacial score (nSPS) is 26.9. The number of nitrogens with one attached hydrogen (secondary N) is 1. The van der Waals surface area contributed by atoms with Gasteiger partial charge in [-0.1, -0.05) is 26.2 Å². The SMILES string of the molecule is CCC1CCC(C(Cc2ccco2)NN)CC1. The lowest BCUT2D eigenvalue weighted by Gasteiger charge is -2.33. The van der Waals surface area contributed by atoms with Gasteiger partial charge in [0.2, 0.25) is 0 Å². The molecule has 1 unspecified atom stereocenters. The van der Waals surface area contributed by atoms with E-state index in [1.807, 2.05) is 12.1 Å². The van der Waals surface area contributed by atoms with E-state index in [4.69, 9.17) is 10.3 Å². The first kappa shape index (κ1) is 12.7. The van der Waals surface area contributed by atoms with Gasteiger partial charge in [0, 0.05) is 12.5 Å². The van der Waals surface area contributed by atoms with Gasteiger partial charge in [-0.05, 0) is 36.8 Å². The first-order valence-electron chi connectivity index (χ1n) is 6.82. The summed E-state index contributed by atoms with van der Waals surface area (Å²) in [7, 11) is 0. The summed E-state index contributed by atoms with van der Waals surface area (Å²) in [6.07, 6.45) is 9.28. The van der Waals surface area contributed by atoms with Crippen molar-refractivity contribution in [1.82, 2.24) is 5.43 Å². The Labute approximate surface area is 104 Å². The van der Waals surface area contributed by atoms with Crippen molar-refractivity contribution in [3.63, 3.8) is 0 Å². The van der Waals surface area contributed by atoms with E-state index in [1.54, 1.807) is 6.26 Å². The van der Waals surface area contributed by atoms with E-state index >= 15 is 0 Å². The monoisotopic (exact) mass is 236 g/mol. The van der Waals surface area contributed by atoms with Crippen LogP contribution in [0.5, 0.6) is 0 Å². The van der Waals surface area contributed by atoms with Gasteiger partial charge in [-0.3, -0.25) is 11.3 Å². The van der Waals surface area contributed by atoms with Crippen molar-refractivity contribution in [3.8, 4) is 0 Å². The van der Waals surface area contributed by atoms with E-state index in [9.17, 15) is 0 Å². The van der Waals surface area contributed by atoms with Crippen LogP contribution in [-0.4, -0.2) is 6.04 Å². The topological polar surface area (TPSA) is 51.2 Å². The van der Waals surface area contributed by atoms with Crippen LogP contribution in [0.3, 0.4) is 0 Å². The third kappa shape index (κ3) is 3.33. The van der Waals surface area contributed by atoms with E-state index in [2.05, 4.69) is 12.3 Å². The number of hydrogen-bond donors (Lipinski definition) is 2. The van der Waals surface area contributed by atoms with Crippen LogP contribution in [0.4, 0.5) is 0 Å². The average Bonchev–Trinajstić information content (AvgIpc) is 2.89. The van der Waals surface area contributed by atoms with Gasteiger partial charge in [-0.15, -0.1) is 0 Å². The van der Waals surface area contributed by atoms with Crippen LogP contribution < -0.4 is 11.3 Å². The molecule has 1 aromatic rings. The zero-order valence-electron chi connectivity index (χ0n) is 10.7. The highest BCUT2D eigenvalue weighted by atomic mass is 16.3. The number of rotatable bonds is 5. The summed E-state index contributed by atoms with van der Waals surface area (Å²) < 4.78 is 5.40. The van der Waals surface area contributed by atoms with Crippen molar-refractivity contribution < 1.29 is 4.42 Å². The third-order valence-corrected chi connectivity index (χ3v) is 4.25. The van der Waals surface area contributed by atoms with Crippen LogP contribution in [-0.2, 0) is 6.42 Å². The largest absolute Gasteiger partial charge is 0.469 e. The quantitative estimate of drug-likeness (QED) is 0.610. The standard InChI is InChI=1S/C14H24N2O/c1-2-11-5-7-12(8-6-11)14(16-15)10-13-4-3-9-17-13/h3-4,9,11-12,14,16H,2,5-8,10,15H2,1H3. The Kier molecular flexibility index (Phi) is 4.63. The van der Waals surface area contributed by atoms with Gasteiger partial charge in [0.15, 0.2) is 0 Å². The van der Waals surface area contributed by atoms with E-state index in [0.717, 1.165) is 18.1 Å². The Morgan fingerprint density at radius 1 is 1.41 bits per heavy atom. The smallest absolute Gasteiger partial charge is 0.105 e. The first-order valence-corrected chi connectivity index (χ1v) is 6.82. The molecule has 0 bridgehead atoms. The highest BCUT2D eigenvalue weighted by Gasteiger charge is 2.26. The molecule has 0 spiro atoms. The van der Waals surface area contributed by atoms with E-state index in [1.165, 1.54) is 32.1 Å². The van der Waals surface area contributed by atoms with Crippen molar-refractivity contribution in [2.45, 2.75) is 51.5 Å². The molecule has 3 nitrogen and oxygen atoms in total. The van der Waals surface area contributed by atoms with Gasteiger partial charge >= 0.3 is 0 Å². The number of nitrogens with two attached hydrogens (primary N) is 1. The second kappa shape index (κ2) is 6.22. The van der Waals surface area contributed by atoms with Gasteiger partial charge in [-0.25, -0.2) is 0 Å². The van der Waals surface area contributed by atoms with Crippen molar-refractivity contribution in [2.75, 3.05) is 0 Å². The average molecular weight is 236 g/mol. The summed E-state index contributed by atoms with van der Waals surface area (Å²) in [5, 5.41) is 0. The van der Waals surface area contributed by atoms with Crippen LogP contribution in [0.1, 0.15) is 44.8 Å². The molecule has 0 aromatic carbocycles. The van der Waals surface area contributed by atoms with Gasteiger partial charge in [0.1, 0.15) is 5.76 Å². The molecule has 1 saturated carbocycles. The minimum atomic E-state index is 0.360. The lowest BCUT2D eigenvalue weighted by Crippen LogP contribution is -2.43. The fourth-order valence-corrected chi connectivity index (χ4v) is 3.01. The highest BCUT2D eigenvalue weighted by molar-refractivity contribution is 5.01. The highest BCUT2D eigenvalue weighted by Crippen LogP contribution is 2.33. The summed E-state index contributed by atoms with van der Waals surface area (Å²) in [6, 6.07) is 4.33. The second-order valence-corrected chi connectivity index (χ2v) is 5.25. The molecule has 1 atom stereocenters. The van der Waals surface area contributed by atoms with Crippen LogP contribution >= 0.6 is 0 Å². The molecule has 3 heteroatoms. The van der Waals surface area contributed by atoms with Gasteiger partial charge < -0.3 is 4.42 Å². The molecule has 96 valence electrons. The maximum absolute atomic E-state index is 5.70. The fourth-order valence-electron chi connectivity index (χ4n) is 3.01. The van der Waals surface area contributed by atoms with Crippen molar-refractivity contribution >= 4 is 0 Å². The molecule has 1 aliphatic carbocycles. The molecular weight excluding hydrogens is 212 g/mol. The zero-order valence-corrected chi connectivity index (χ0v) is 10.7. The Morgan fingerprint density at radius 2 is 2.18 bits per heavy atom. The molecule has 17 heavy (non-hydrogen) atoms. The number of hydrazine groups is 1. The molecule has 0 aliphatic heterocycles. The predicted molar refractivity (Wildman–Crippen MR) is 69.3 cm³/mol. The Hall–Kier alpha value is -0.800. The predicted octanol–water partition coefficient (Wildman–Crippen LogP) is 2.87. The summed E-state index contributed by atoms with van der Waals surface area (Å²) in [4.78, 5) is 0.